The first-order chi connectivity index (χ1) is 8.24. The van der Waals surface area contributed by atoms with Crippen molar-refractivity contribution in [2.45, 2.75) is 6.54 Å². The van der Waals surface area contributed by atoms with Crippen LogP contribution in [0, 0.1) is 5.41 Å². The standard InChI is InChI=1S/C11H11N5O/c12-10(13)6-15-2-3-16-11(15)5-9(14-16)8-1-4-17-7-8/h1-5,7H,6H2,(H3,12,13). The topological polar surface area (TPSA) is 85.2 Å². The van der Waals surface area contributed by atoms with Gasteiger partial charge in [-0.2, -0.15) is 5.10 Å². The molecule has 86 valence electrons. The molecule has 0 aliphatic heterocycles. The van der Waals surface area contributed by atoms with Crippen molar-refractivity contribution in [1.29, 1.82) is 5.41 Å². The maximum atomic E-state index is 7.30. The van der Waals surface area contributed by atoms with Crippen LogP contribution in [0.3, 0.4) is 0 Å². The van der Waals surface area contributed by atoms with Gasteiger partial charge in [-0.25, -0.2) is 4.52 Å². The molecule has 17 heavy (non-hydrogen) atoms. The third kappa shape index (κ3) is 1.59. The molecular weight excluding hydrogens is 218 g/mol. The van der Waals surface area contributed by atoms with Crippen LogP contribution in [-0.4, -0.2) is 20.0 Å². The Morgan fingerprint density at radius 3 is 3.06 bits per heavy atom. The van der Waals surface area contributed by atoms with Crippen molar-refractivity contribution in [2.75, 3.05) is 0 Å². The van der Waals surface area contributed by atoms with Gasteiger partial charge in [-0.15, -0.1) is 0 Å². The average molecular weight is 229 g/mol. The molecule has 0 atom stereocenters. The molecule has 0 aliphatic carbocycles. The highest BCUT2D eigenvalue weighted by atomic mass is 16.3. The van der Waals surface area contributed by atoms with Gasteiger partial charge in [0.25, 0.3) is 0 Å². The van der Waals surface area contributed by atoms with Crippen LogP contribution in [0.15, 0.2) is 41.5 Å². The molecule has 0 bridgehead atoms. The number of imidazole rings is 1. The van der Waals surface area contributed by atoms with Crippen molar-refractivity contribution in [1.82, 2.24) is 14.2 Å². The van der Waals surface area contributed by atoms with E-state index in [2.05, 4.69) is 5.10 Å². The van der Waals surface area contributed by atoms with Crippen LogP contribution in [0.1, 0.15) is 0 Å². The first-order valence-corrected chi connectivity index (χ1v) is 5.14. The van der Waals surface area contributed by atoms with Crippen molar-refractivity contribution in [3.8, 4) is 11.3 Å². The third-order valence-corrected chi connectivity index (χ3v) is 2.56. The highest BCUT2D eigenvalue weighted by Crippen LogP contribution is 2.20. The molecule has 6 nitrogen and oxygen atoms in total. The highest BCUT2D eigenvalue weighted by Gasteiger charge is 2.09. The summed E-state index contributed by atoms with van der Waals surface area (Å²) in [5.41, 5.74) is 8.07. The third-order valence-electron chi connectivity index (χ3n) is 2.56. The summed E-state index contributed by atoms with van der Waals surface area (Å²) in [5, 5.41) is 11.7. The lowest BCUT2D eigenvalue weighted by Gasteiger charge is -1.99. The van der Waals surface area contributed by atoms with Crippen LogP contribution < -0.4 is 5.73 Å². The molecule has 0 aromatic carbocycles. The van der Waals surface area contributed by atoms with Gasteiger partial charge in [-0.1, -0.05) is 0 Å². The monoisotopic (exact) mass is 229 g/mol. The summed E-state index contributed by atoms with van der Waals surface area (Å²) in [4.78, 5) is 0. The van der Waals surface area contributed by atoms with Crippen LogP contribution in [0.4, 0.5) is 0 Å². The second-order valence-corrected chi connectivity index (χ2v) is 3.80. The van der Waals surface area contributed by atoms with E-state index in [9.17, 15) is 0 Å². The largest absolute Gasteiger partial charge is 0.472 e. The number of fused-ring (bicyclic) bond motifs is 1. The van der Waals surface area contributed by atoms with Crippen molar-refractivity contribution in [3.05, 3.63) is 37.1 Å². The van der Waals surface area contributed by atoms with Gasteiger partial charge in [-0.05, 0) is 6.07 Å². The summed E-state index contributed by atoms with van der Waals surface area (Å²) in [7, 11) is 0. The number of aromatic nitrogens is 3. The van der Waals surface area contributed by atoms with E-state index in [-0.39, 0.29) is 5.84 Å². The van der Waals surface area contributed by atoms with Crippen LogP contribution in [0.2, 0.25) is 0 Å². The molecular formula is C11H11N5O. The van der Waals surface area contributed by atoms with Gasteiger partial charge in [0.05, 0.1) is 24.8 Å². The maximum absolute atomic E-state index is 7.30. The summed E-state index contributed by atoms with van der Waals surface area (Å²) in [5.74, 6) is 0.120. The van der Waals surface area contributed by atoms with Gasteiger partial charge in [0.1, 0.15) is 11.5 Å². The Balaban J connectivity index is 2.08. The normalized spacial score (nSPS) is 11.1. The molecule has 0 unspecified atom stereocenters. The van der Waals surface area contributed by atoms with E-state index in [0.29, 0.717) is 6.54 Å². The summed E-state index contributed by atoms with van der Waals surface area (Å²) in [6, 6.07) is 3.80. The highest BCUT2D eigenvalue weighted by molar-refractivity contribution is 5.77. The molecule has 0 aliphatic rings. The molecule has 3 aromatic heterocycles. The second-order valence-electron chi connectivity index (χ2n) is 3.80. The zero-order valence-electron chi connectivity index (χ0n) is 9.00. The number of nitrogens with one attached hydrogen (secondary N) is 1. The Hall–Kier alpha value is -2.50. The van der Waals surface area contributed by atoms with Gasteiger partial charge < -0.3 is 14.7 Å². The lowest BCUT2D eigenvalue weighted by Crippen LogP contribution is -2.17. The molecule has 0 spiro atoms. The fourth-order valence-corrected chi connectivity index (χ4v) is 1.80. The van der Waals surface area contributed by atoms with E-state index in [1.54, 1.807) is 17.0 Å². The summed E-state index contributed by atoms with van der Waals surface area (Å²) in [6.45, 7) is 0.368. The lowest BCUT2D eigenvalue weighted by molar-refractivity contribution is 0.568. The molecule has 3 aromatic rings. The summed E-state index contributed by atoms with van der Waals surface area (Å²) < 4.78 is 8.66. The van der Waals surface area contributed by atoms with Gasteiger partial charge in [0.2, 0.25) is 0 Å². The van der Waals surface area contributed by atoms with E-state index in [0.717, 1.165) is 16.9 Å². The van der Waals surface area contributed by atoms with Gasteiger partial charge in [-0.3, -0.25) is 5.41 Å². The minimum atomic E-state index is 0.120. The fraction of sp³-hybridized carbons (Fsp3) is 0.0909. The van der Waals surface area contributed by atoms with Crippen molar-refractivity contribution >= 4 is 11.5 Å². The Morgan fingerprint density at radius 1 is 1.47 bits per heavy atom. The quantitative estimate of drug-likeness (QED) is 0.524. The molecule has 0 fully saturated rings. The second kappa shape index (κ2) is 3.51. The first kappa shape index (κ1) is 9.71. The number of hydrogen-bond acceptors (Lipinski definition) is 3. The predicted molar refractivity (Wildman–Crippen MR) is 62.8 cm³/mol. The Kier molecular flexibility index (Phi) is 2.01. The number of rotatable bonds is 3. The van der Waals surface area contributed by atoms with Gasteiger partial charge in [0, 0.05) is 24.0 Å². The minimum absolute atomic E-state index is 0.120. The van der Waals surface area contributed by atoms with Gasteiger partial charge >= 0.3 is 0 Å². The van der Waals surface area contributed by atoms with Crippen LogP contribution >= 0.6 is 0 Å². The smallest absolute Gasteiger partial charge is 0.136 e. The Labute approximate surface area is 96.8 Å². The molecule has 0 saturated carbocycles. The van der Waals surface area contributed by atoms with Crippen molar-refractivity contribution in [2.24, 2.45) is 5.73 Å². The number of nitrogens with two attached hydrogens (primary N) is 1. The molecule has 0 saturated heterocycles. The molecule has 0 amide bonds. The van der Waals surface area contributed by atoms with Crippen LogP contribution in [0.5, 0.6) is 0 Å². The van der Waals surface area contributed by atoms with Crippen LogP contribution in [-0.2, 0) is 6.54 Å². The molecule has 3 rings (SSSR count). The Bertz CT molecular complexity index is 661. The van der Waals surface area contributed by atoms with E-state index < -0.39 is 0 Å². The van der Waals surface area contributed by atoms with Crippen LogP contribution in [0.25, 0.3) is 16.9 Å². The molecule has 0 radical (unpaired) electrons. The van der Waals surface area contributed by atoms with Crippen molar-refractivity contribution in [3.63, 3.8) is 0 Å². The first-order valence-electron chi connectivity index (χ1n) is 5.14. The number of nitrogens with zero attached hydrogens (tertiary/aromatic N) is 3. The summed E-state index contributed by atoms with van der Waals surface area (Å²) in [6.07, 6.45) is 6.95. The molecule has 3 heterocycles. The summed E-state index contributed by atoms with van der Waals surface area (Å²) >= 11 is 0. The number of amidine groups is 1. The van der Waals surface area contributed by atoms with E-state index in [4.69, 9.17) is 15.6 Å². The van der Waals surface area contributed by atoms with E-state index >= 15 is 0 Å². The van der Waals surface area contributed by atoms with E-state index in [1.165, 1.54) is 0 Å². The lowest BCUT2D eigenvalue weighted by atomic mass is 10.2. The maximum Gasteiger partial charge on any atom is 0.136 e. The minimum Gasteiger partial charge on any atom is -0.472 e. The van der Waals surface area contributed by atoms with Crippen molar-refractivity contribution < 1.29 is 4.42 Å². The predicted octanol–water partition coefficient (Wildman–Crippen LogP) is 1.33. The SMILES string of the molecule is N=C(N)Cn1ccn2nc(-c3ccoc3)cc12. The average Bonchev–Trinajstić information content (AvgIpc) is 2.93. The van der Waals surface area contributed by atoms with Gasteiger partial charge in [0.15, 0.2) is 0 Å². The fourth-order valence-electron chi connectivity index (χ4n) is 1.80. The molecule has 3 N–H and O–H groups in total. The Morgan fingerprint density at radius 2 is 2.35 bits per heavy atom. The number of hydrogen-bond donors (Lipinski definition) is 2. The zero-order valence-corrected chi connectivity index (χ0v) is 9.00. The zero-order chi connectivity index (χ0) is 11.8. The molecule has 6 heteroatoms. The number of furan rings is 1. The van der Waals surface area contributed by atoms with E-state index in [1.807, 2.05) is 29.1 Å².